The standard InChI is InChI=1S/C17H18N6O/c1-22-9-8-19-16(22)15(12-6-7-12)21-17(24)13-4-2-3-5-14(13)23-11-18-10-20-23/h2-5,8-12,15H,6-7H2,1H3,(H,21,24)/t15-/m1/s1. The van der Waals surface area contributed by atoms with E-state index in [0.717, 1.165) is 18.7 Å². The zero-order chi connectivity index (χ0) is 16.5. The summed E-state index contributed by atoms with van der Waals surface area (Å²) in [5.41, 5.74) is 1.28. The second kappa shape index (κ2) is 5.92. The topological polar surface area (TPSA) is 77.6 Å². The molecule has 7 nitrogen and oxygen atoms in total. The molecule has 2 aromatic heterocycles. The molecular weight excluding hydrogens is 304 g/mol. The highest BCUT2D eigenvalue weighted by molar-refractivity contribution is 5.98. The van der Waals surface area contributed by atoms with Crippen molar-refractivity contribution in [3.8, 4) is 5.69 Å². The lowest BCUT2D eigenvalue weighted by Gasteiger charge is -2.19. The van der Waals surface area contributed by atoms with Crippen molar-refractivity contribution < 1.29 is 4.79 Å². The molecule has 1 saturated carbocycles. The number of imidazole rings is 1. The first kappa shape index (κ1) is 14.6. The molecule has 3 aromatic rings. The summed E-state index contributed by atoms with van der Waals surface area (Å²) in [7, 11) is 1.95. The van der Waals surface area contributed by atoms with Gasteiger partial charge in [0.15, 0.2) is 0 Å². The molecule has 1 atom stereocenters. The Morgan fingerprint density at radius 1 is 1.33 bits per heavy atom. The van der Waals surface area contributed by atoms with E-state index in [1.54, 1.807) is 23.3 Å². The van der Waals surface area contributed by atoms with Crippen LogP contribution in [0.2, 0.25) is 0 Å². The van der Waals surface area contributed by atoms with E-state index in [9.17, 15) is 4.79 Å². The van der Waals surface area contributed by atoms with E-state index in [1.807, 2.05) is 36.0 Å². The van der Waals surface area contributed by atoms with Crippen LogP contribution in [0.25, 0.3) is 5.69 Å². The lowest BCUT2D eigenvalue weighted by molar-refractivity contribution is 0.0929. The van der Waals surface area contributed by atoms with Crippen molar-refractivity contribution in [2.75, 3.05) is 0 Å². The highest BCUT2D eigenvalue weighted by Crippen LogP contribution is 2.40. The fourth-order valence-corrected chi connectivity index (χ4v) is 2.92. The first-order valence-corrected chi connectivity index (χ1v) is 7.96. The molecule has 0 aliphatic heterocycles. The Hall–Kier alpha value is -2.96. The minimum atomic E-state index is -0.124. The molecule has 1 aromatic carbocycles. The maximum Gasteiger partial charge on any atom is 0.254 e. The monoisotopic (exact) mass is 322 g/mol. The number of para-hydroxylation sites is 1. The number of nitrogens with zero attached hydrogens (tertiary/aromatic N) is 5. The quantitative estimate of drug-likeness (QED) is 0.778. The van der Waals surface area contributed by atoms with Crippen LogP contribution in [0.15, 0.2) is 49.3 Å². The Bertz CT molecular complexity index is 850. The first-order chi connectivity index (χ1) is 11.7. The SMILES string of the molecule is Cn1ccnc1[C@H](NC(=O)c1ccccc1-n1cncn1)C1CC1. The molecule has 0 bridgehead atoms. The second-order valence-electron chi connectivity index (χ2n) is 6.04. The molecule has 0 radical (unpaired) electrons. The van der Waals surface area contributed by atoms with E-state index in [4.69, 9.17) is 0 Å². The van der Waals surface area contributed by atoms with Crippen molar-refractivity contribution in [3.63, 3.8) is 0 Å². The molecule has 0 saturated heterocycles. The molecule has 1 amide bonds. The number of hydrogen-bond donors (Lipinski definition) is 1. The number of nitrogens with one attached hydrogen (secondary N) is 1. The Morgan fingerprint density at radius 2 is 2.17 bits per heavy atom. The summed E-state index contributed by atoms with van der Waals surface area (Å²) in [5.74, 6) is 1.22. The van der Waals surface area contributed by atoms with Gasteiger partial charge in [0.2, 0.25) is 0 Å². The van der Waals surface area contributed by atoms with Crippen molar-refractivity contribution in [1.29, 1.82) is 0 Å². The van der Waals surface area contributed by atoms with Crippen molar-refractivity contribution in [3.05, 3.63) is 60.7 Å². The third-order valence-corrected chi connectivity index (χ3v) is 4.33. The van der Waals surface area contributed by atoms with Crippen LogP contribution in [0.5, 0.6) is 0 Å². The molecule has 1 N–H and O–H groups in total. The van der Waals surface area contributed by atoms with E-state index < -0.39 is 0 Å². The van der Waals surface area contributed by atoms with Crippen LogP contribution in [0.4, 0.5) is 0 Å². The van der Waals surface area contributed by atoms with Gasteiger partial charge in [0.25, 0.3) is 5.91 Å². The molecule has 1 fully saturated rings. The predicted octanol–water partition coefficient (Wildman–Crippen LogP) is 1.88. The van der Waals surface area contributed by atoms with Crippen molar-refractivity contribution >= 4 is 5.91 Å². The lowest BCUT2D eigenvalue weighted by Crippen LogP contribution is -2.32. The first-order valence-electron chi connectivity index (χ1n) is 7.96. The van der Waals surface area contributed by atoms with Crippen LogP contribution in [0, 0.1) is 5.92 Å². The van der Waals surface area contributed by atoms with Gasteiger partial charge in [0.05, 0.1) is 17.3 Å². The minimum Gasteiger partial charge on any atom is -0.342 e. The third-order valence-electron chi connectivity index (χ3n) is 4.33. The number of carbonyl (C=O) groups excluding carboxylic acids is 1. The molecule has 1 aliphatic rings. The molecule has 0 spiro atoms. The van der Waals surface area contributed by atoms with Crippen LogP contribution < -0.4 is 5.32 Å². The Kier molecular flexibility index (Phi) is 3.60. The maximum absolute atomic E-state index is 12.9. The second-order valence-corrected chi connectivity index (χ2v) is 6.04. The maximum atomic E-state index is 12.9. The van der Waals surface area contributed by atoms with Gasteiger partial charge in [-0.1, -0.05) is 12.1 Å². The van der Waals surface area contributed by atoms with Gasteiger partial charge in [-0.15, -0.1) is 0 Å². The summed E-state index contributed by atoms with van der Waals surface area (Å²) in [6.07, 6.45) is 8.93. The molecule has 0 unspecified atom stereocenters. The lowest BCUT2D eigenvalue weighted by atomic mass is 10.1. The fraction of sp³-hybridized carbons (Fsp3) is 0.294. The van der Waals surface area contributed by atoms with Crippen LogP contribution in [-0.2, 0) is 7.05 Å². The highest BCUT2D eigenvalue weighted by Gasteiger charge is 2.36. The van der Waals surface area contributed by atoms with Crippen molar-refractivity contribution in [2.45, 2.75) is 18.9 Å². The van der Waals surface area contributed by atoms with Gasteiger partial charge in [0, 0.05) is 19.4 Å². The van der Waals surface area contributed by atoms with Crippen LogP contribution in [-0.4, -0.2) is 30.2 Å². The predicted molar refractivity (Wildman–Crippen MR) is 87.5 cm³/mol. The summed E-state index contributed by atoms with van der Waals surface area (Å²) >= 11 is 0. The van der Waals surface area contributed by atoms with Gasteiger partial charge < -0.3 is 9.88 Å². The Labute approximate surface area is 139 Å². The number of rotatable bonds is 5. The average molecular weight is 322 g/mol. The number of aromatic nitrogens is 5. The highest BCUT2D eigenvalue weighted by atomic mass is 16.1. The normalized spacial score (nSPS) is 15.2. The van der Waals surface area contributed by atoms with Gasteiger partial charge in [-0.2, -0.15) is 5.10 Å². The Balaban J connectivity index is 1.64. The molecule has 2 heterocycles. The largest absolute Gasteiger partial charge is 0.342 e. The van der Waals surface area contributed by atoms with Gasteiger partial charge >= 0.3 is 0 Å². The summed E-state index contributed by atoms with van der Waals surface area (Å²) in [6, 6.07) is 7.32. The van der Waals surface area contributed by atoms with Gasteiger partial charge in [0.1, 0.15) is 18.5 Å². The van der Waals surface area contributed by atoms with Crippen molar-refractivity contribution in [1.82, 2.24) is 29.6 Å². The molecular formula is C17H18N6O. The average Bonchev–Trinajstić information content (AvgIpc) is 3.12. The third kappa shape index (κ3) is 2.68. The van der Waals surface area contributed by atoms with E-state index in [1.165, 1.54) is 6.33 Å². The van der Waals surface area contributed by atoms with Crippen LogP contribution in [0.3, 0.4) is 0 Å². The smallest absolute Gasteiger partial charge is 0.254 e. The molecule has 122 valence electrons. The zero-order valence-electron chi connectivity index (χ0n) is 13.3. The summed E-state index contributed by atoms with van der Waals surface area (Å²) in [5, 5.41) is 7.29. The van der Waals surface area contributed by atoms with Gasteiger partial charge in [-0.25, -0.2) is 14.6 Å². The number of carbonyl (C=O) groups is 1. The number of benzene rings is 1. The van der Waals surface area contributed by atoms with Crippen LogP contribution in [0.1, 0.15) is 35.1 Å². The molecule has 24 heavy (non-hydrogen) atoms. The fourth-order valence-electron chi connectivity index (χ4n) is 2.92. The summed E-state index contributed by atoms with van der Waals surface area (Å²) < 4.78 is 3.56. The minimum absolute atomic E-state index is 0.0682. The van der Waals surface area contributed by atoms with E-state index in [-0.39, 0.29) is 11.9 Å². The zero-order valence-corrected chi connectivity index (χ0v) is 13.3. The van der Waals surface area contributed by atoms with E-state index >= 15 is 0 Å². The number of hydrogen-bond acceptors (Lipinski definition) is 4. The van der Waals surface area contributed by atoms with E-state index in [2.05, 4.69) is 20.4 Å². The van der Waals surface area contributed by atoms with Crippen molar-refractivity contribution in [2.24, 2.45) is 13.0 Å². The number of aryl methyl sites for hydroxylation is 1. The summed E-state index contributed by atoms with van der Waals surface area (Å²) in [6.45, 7) is 0. The summed E-state index contributed by atoms with van der Waals surface area (Å²) in [4.78, 5) is 21.3. The van der Waals surface area contributed by atoms with Crippen LogP contribution >= 0.6 is 0 Å². The van der Waals surface area contributed by atoms with Gasteiger partial charge in [-0.05, 0) is 30.9 Å². The number of amides is 1. The molecule has 1 aliphatic carbocycles. The van der Waals surface area contributed by atoms with E-state index in [0.29, 0.717) is 17.2 Å². The Morgan fingerprint density at radius 3 is 2.83 bits per heavy atom. The molecule has 4 rings (SSSR count). The van der Waals surface area contributed by atoms with Gasteiger partial charge in [-0.3, -0.25) is 4.79 Å². The molecule has 7 heteroatoms.